The Labute approximate surface area is 180 Å². The maximum absolute atomic E-state index is 12.5. The Hall–Kier alpha value is -2.10. The Morgan fingerprint density at radius 2 is 1.69 bits per heavy atom. The number of hydrogen-bond acceptors (Lipinski definition) is 5. The van der Waals surface area contributed by atoms with Crippen LogP contribution in [-0.2, 0) is 21.2 Å². The maximum Gasteiger partial charge on any atom is 0.242 e. The molecule has 2 aromatic carbocycles. The van der Waals surface area contributed by atoms with Crippen molar-refractivity contribution in [1.82, 2.24) is 4.31 Å². The predicted molar refractivity (Wildman–Crippen MR) is 116 cm³/mol. The minimum absolute atomic E-state index is 0.0811. The number of ether oxygens (including phenoxy) is 2. The van der Waals surface area contributed by atoms with E-state index in [2.05, 4.69) is 21.2 Å². The number of nitrogens with one attached hydrogen (secondary N) is 1. The van der Waals surface area contributed by atoms with Crippen LogP contribution in [0.2, 0.25) is 0 Å². The largest absolute Gasteiger partial charge is 0.490 e. The minimum atomic E-state index is -3.58. The average molecular weight is 485 g/mol. The standard InChI is InChI=1S/C20H25BrN2O5S/c1-5-27-18-10-14(17(21)13-19(18)28-6-2)11-20(24)22-15-8-7-9-16(12-15)29(25,26)23(3)4/h7-10,12-13H,5-6,11H2,1-4H3,(H,22,24). The van der Waals surface area contributed by atoms with Crippen LogP contribution >= 0.6 is 15.9 Å². The van der Waals surface area contributed by atoms with Crippen molar-refractivity contribution in [2.24, 2.45) is 0 Å². The Morgan fingerprint density at radius 3 is 2.28 bits per heavy atom. The number of hydrogen-bond donors (Lipinski definition) is 1. The van der Waals surface area contributed by atoms with Crippen molar-refractivity contribution in [1.29, 1.82) is 0 Å². The van der Waals surface area contributed by atoms with Crippen LogP contribution in [0.4, 0.5) is 5.69 Å². The van der Waals surface area contributed by atoms with Gasteiger partial charge >= 0.3 is 0 Å². The average Bonchev–Trinajstić information content (AvgIpc) is 2.65. The van der Waals surface area contributed by atoms with Crippen molar-refractivity contribution in [2.45, 2.75) is 25.2 Å². The van der Waals surface area contributed by atoms with E-state index in [1.165, 1.54) is 26.2 Å². The van der Waals surface area contributed by atoms with E-state index in [4.69, 9.17) is 9.47 Å². The third kappa shape index (κ3) is 5.94. The van der Waals surface area contributed by atoms with Crippen molar-refractivity contribution in [3.05, 3.63) is 46.4 Å². The van der Waals surface area contributed by atoms with E-state index in [-0.39, 0.29) is 17.2 Å². The van der Waals surface area contributed by atoms with Gasteiger partial charge in [0.1, 0.15) is 0 Å². The monoisotopic (exact) mass is 484 g/mol. The summed E-state index contributed by atoms with van der Waals surface area (Å²) in [6, 6.07) is 9.71. The summed E-state index contributed by atoms with van der Waals surface area (Å²) >= 11 is 3.47. The van der Waals surface area contributed by atoms with Gasteiger partial charge in [-0.3, -0.25) is 4.79 Å². The lowest BCUT2D eigenvalue weighted by atomic mass is 10.1. The molecule has 0 spiro atoms. The second-order valence-electron chi connectivity index (χ2n) is 6.30. The first kappa shape index (κ1) is 23.2. The molecule has 0 aliphatic carbocycles. The second kappa shape index (κ2) is 10.1. The first-order chi connectivity index (χ1) is 13.7. The van der Waals surface area contributed by atoms with Crippen molar-refractivity contribution in [2.75, 3.05) is 32.6 Å². The highest BCUT2D eigenvalue weighted by atomic mass is 79.9. The van der Waals surface area contributed by atoms with Gasteiger partial charge in [0.05, 0.1) is 24.5 Å². The molecule has 0 aliphatic rings. The molecule has 1 amide bonds. The normalized spacial score (nSPS) is 11.4. The molecule has 2 rings (SSSR count). The van der Waals surface area contributed by atoms with Crippen LogP contribution in [-0.4, -0.2) is 45.9 Å². The number of rotatable bonds is 9. The van der Waals surface area contributed by atoms with E-state index in [0.29, 0.717) is 30.4 Å². The van der Waals surface area contributed by atoms with Gasteiger partial charge in [-0.15, -0.1) is 0 Å². The molecule has 0 fully saturated rings. The molecule has 0 bridgehead atoms. The zero-order valence-corrected chi connectivity index (χ0v) is 19.3. The van der Waals surface area contributed by atoms with Crippen LogP contribution in [0.3, 0.4) is 0 Å². The summed E-state index contributed by atoms with van der Waals surface area (Å²) in [7, 11) is -0.662. The molecule has 2 aromatic rings. The molecule has 1 N–H and O–H groups in total. The fourth-order valence-corrected chi connectivity index (χ4v) is 3.98. The van der Waals surface area contributed by atoms with Crippen molar-refractivity contribution in [3.8, 4) is 11.5 Å². The topological polar surface area (TPSA) is 84.9 Å². The SMILES string of the molecule is CCOc1cc(Br)c(CC(=O)Nc2cccc(S(=O)(=O)N(C)C)c2)cc1OCC. The van der Waals surface area contributed by atoms with Crippen LogP contribution in [0, 0.1) is 0 Å². The van der Waals surface area contributed by atoms with Gasteiger partial charge in [-0.05, 0) is 49.7 Å². The predicted octanol–water partition coefficient (Wildman–Crippen LogP) is 3.68. The highest BCUT2D eigenvalue weighted by Crippen LogP contribution is 2.34. The minimum Gasteiger partial charge on any atom is -0.490 e. The summed E-state index contributed by atoms with van der Waals surface area (Å²) in [6.45, 7) is 4.73. The smallest absolute Gasteiger partial charge is 0.242 e. The molecule has 0 heterocycles. The number of sulfonamides is 1. The van der Waals surface area contributed by atoms with E-state index in [0.717, 1.165) is 14.3 Å². The van der Waals surface area contributed by atoms with Crippen LogP contribution < -0.4 is 14.8 Å². The fourth-order valence-electron chi connectivity index (χ4n) is 2.57. The van der Waals surface area contributed by atoms with Crippen LogP contribution in [0.1, 0.15) is 19.4 Å². The zero-order chi connectivity index (χ0) is 21.6. The molecule has 0 aliphatic heterocycles. The number of carbonyl (C=O) groups excluding carboxylic acids is 1. The van der Waals surface area contributed by atoms with Gasteiger partial charge in [0.2, 0.25) is 15.9 Å². The number of anilines is 1. The number of carbonyl (C=O) groups is 1. The Balaban J connectivity index is 2.20. The molecule has 0 atom stereocenters. The zero-order valence-electron chi connectivity index (χ0n) is 16.9. The first-order valence-corrected chi connectivity index (χ1v) is 11.3. The van der Waals surface area contributed by atoms with E-state index in [1.54, 1.807) is 24.3 Å². The highest BCUT2D eigenvalue weighted by Gasteiger charge is 2.18. The highest BCUT2D eigenvalue weighted by molar-refractivity contribution is 9.10. The van der Waals surface area contributed by atoms with Gasteiger partial charge in [0.25, 0.3) is 0 Å². The number of nitrogens with zero attached hydrogens (tertiary/aromatic N) is 1. The van der Waals surface area contributed by atoms with Crippen molar-refractivity contribution >= 4 is 37.5 Å². The lowest BCUT2D eigenvalue weighted by Crippen LogP contribution is -2.22. The maximum atomic E-state index is 12.5. The molecule has 0 radical (unpaired) electrons. The lowest BCUT2D eigenvalue weighted by Gasteiger charge is -2.15. The van der Waals surface area contributed by atoms with E-state index in [1.807, 2.05) is 13.8 Å². The molecule has 0 aromatic heterocycles. The van der Waals surface area contributed by atoms with Gasteiger partial charge in [0, 0.05) is 24.3 Å². The summed E-state index contributed by atoms with van der Waals surface area (Å²) in [5.74, 6) is 0.892. The Bertz CT molecular complexity index is 977. The summed E-state index contributed by atoms with van der Waals surface area (Å²) in [6.07, 6.45) is 0.0811. The van der Waals surface area contributed by atoms with Gasteiger partial charge in [0.15, 0.2) is 11.5 Å². The van der Waals surface area contributed by atoms with Gasteiger partial charge < -0.3 is 14.8 Å². The summed E-state index contributed by atoms with van der Waals surface area (Å²) in [5.41, 5.74) is 1.14. The lowest BCUT2D eigenvalue weighted by molar-refractivity contribution is -0.115. The molecular formula is C20H25BrN2O5S. The van der Waals surface area contributed by atoms with Crippen molar-refractivity contribution < 1.29 is 22.7 Å². The van der Waals surface area contributed by atoms with E-state index in [9.17, 15) is 13.2 Å². The number of halogens is 1. The summed E-state index contributed by atoms with van der Waals surface area (Å²) in [4.78, 5) is 12.7. The molecule has 0 unspecified atom stereocenters. The fraction of sp³-hybridized carbons (Fsp3) is 0.350. The Morgan fingerprint density at radius 1 is 1.07 bits per heavy atom. The molecular weight excluding hydrogens is 460 g/mol. The molecule has 29 heavy (non-hydrogen) atoms. The number of amides is 1. The van der Waals surface area contributed by atoms with Crippen LogP contribution in [0.5, 0.6) is 11.5 Å². The third-order valence-electron chi connectivity index (χ3n) is 3.96. The Kier molecular flexibility index (Phi) is 8.06. The molecule has 158 valence electrons. The van der Waals surface area contributed by atoms with Gasteiger partial charge in [-0.2, -0.15) is 0 Å². The van der Waals surface area contributed by atoms with Gasteiger partial charge in [-0.1, -0.05) is 22.0 Å². The van der Waals surface area contributed by atoms with Crippen LogP contribution in [0.15, 0.2) is 45.8 Å². The summed E-state index contributed by atoms with van der Waals surface area (Å²) in [5, 5.41) is 2.75. The van der Waals surface area contributed by atoms with Crippen LogP contribution in [0.25, 0.3) is 0 Å². The molecule has 9 heteroatoms. The van der Waals surface area contributed by atoms with E-state index >= 15 is 0 Å². The number of benzene rings is 2. The first-order valence-electron chi connectivity index (χ1n) is 9.09. The third-order valence-corrected chi connectivity index (χ3v) is 6.51. The molecule has 0 saturated heterocycles. The molecule has 7 nitrogen and oxygen atoms in total. The molecule has 0 saturated carbocycles. The quantitative estimate of drug-likeness (QED) is 0.586. The van der Waals surface area contributed by atoms with Crippen molar-refractivity contribution in [3.63, 3.8) is 0 Å². The summed E-state index contributed by atoms with van der Waals surface area (Å²) < 4.78 is 37.6. The second-order valence-corrected chi connectivity index (χ2v) is 9.30. The van der Waals surface area contributed by atoms with Gasteiger partial charge in [-0.25, -0.2) is 12.7 Å². The van der Waals surface area contributed by atoms with E-state index < -0.39 is 10.0 Å².